The highest BCUT2D eigenvalue weighted by Crippen LogP contribution is 2.08. The van der Waals surface area contributed by atoms with Gasteiger partial charge in [-0.1, -0.05) is 45.4 Å². The number of carboxylic acid groups (broad SMARTS) is 1. The number of carbonyl (C=O) groups is 3. The molecule has 0 aromatic heterocycles. The van der Waals surface area contributed by atoms with Crippen LogP contribution in [0, 0.1) is 0 Å². The van der Waals surface area contributed by atoms with Crippen LogP contribution in [0.4, 0.5) is 0 Å². The summed E-state index contributed by atoms with van der Waals surface area (Å²) >= 11 is 0. The van der Waals surface area contributed by atoms with E-state index in [0.29, 0.717) is 6.42 Å². The summed E-state index contributed by atoms with van der Waals surface area (Å²) in [6.07, 6.45) is 7.20. The van der Waals surface area contributed by atoms with Crippen molar-refractivity contribution < 1.29 is 24.7 Å². The van der Waals surface area contributed by atoms with Gasteiger partial charge in [0.25, 0.3) is 5.91 Å². The van der Waals surface area contributed by atoms with Crippen LogP contribution in [-0.4, -0.2) is 34.1 Å². The van der Waals surface area contributed by atoms with Gasteiger partial charge in [0.1, 0.15) is 6.04 Å². The van der Waals surface area contributed by atoms with Crippen molar-refractivity contribution in [1.29, 1.82) is 0 Å². The first-order valence-electron chi connectivity index (χ1n) is 7.46. The van der Waals surface area contributed by atoms with Crippen LogP contribution in [0.2, 0.25) is 0 Å². The van der Waals surface area contributed by atoms with E-state index < -0.39 is 24.3 Å². The molecule has 0 aromatic rings. The Hall–Kier alpha value is -1.63. The van der Waals surface area contributed by atoms with E-state index in [1.807, 2.05) is 0 Å². The summed E-state index contributed by atoms with van der Waals surface area (Å²) in [6, 6.07) is -1.25. The Balaban J connectivity index is 3.87. The number of carboxylic acids is 1. The monoisotopic (exact) mass is 302 g/mol. The number of carbonyl (C=O) groups excluding carboxylic acids is 2. The van der Waals surface area contributed by atoms with Gasteiger partial charge in [-0.25, -0.2) is 5.48 Å². The van der Waals surface area contributed by atoms with Crippen molar-refractivity contribution in [2.24, 2.45) is 0 Å². The van der Waals surface area contributed by atoms with Gasteiger partial charge in [-0.05, 0) is 6.42 Å². The fourth-order valence-corrected chi connectivity index (χ4v) is 1.97. The summed E-state index contributed by atoms with van der Waals surface area (Å²) in [5, 5.41) is 19.5. The van der Waals surface area contributed by atoms with E-state index in [1.165, 1.54) is 24.7 Å². The van der Waals surface area contributed by atoms with Crippen molar-refractivity contribution in [2.45, 2.75) is 70.8 Å². The minimum absolute atomic E-state index is 0.253. The molecule has 0 radical (unpaired) electrons. The van der Waals surface area contributed by atoms with Crippen LogP contribution < -0.4 is 10.8 Å². The summed E-state index contributed by atoms with van der Waals surface area (Å²) in [6.45, 7) is 2.15. The van der Waals surface area contributed by atoms with E-state index in [0.717, 1.165) is 19.3 Å². The van der Waals surface area contributed by atoms with Gasteiger partial charge in [0, 0.05) is 6.42 Å². The van der Waals surface area contributed by atoms with Crippen molar-refractivity contribution in [3.63, 3.8) is 0 Å². The lowest BCUT2D eigenvalue weighted by Crippen LogP contribution is -2.47. The molecule has 0 rings (SSSR count). The highest BCUT2D eigenvalue weighted by atomic mass is 16.5. The summed E-state index contributed by atoms with van der Waals surface area (Å²) in [5.74, 6) is -2.52. The van der Waals surface area contributed by atoms with Gasteiger partial charge in [0.05, 0.1) is 6.42 Å². The summed E-state index contributed by atoms with van der Waals surface area (Å²) < 4.78 is 0. The Morgan fingerprint density at radius 2 is 1.57 bits per heavy atom. The van der Waals surface area contributed by atoms with Gasteiger partial charge < -0.3 is 10.4 Å². The average molecular weight is 302 g/mol. The number of aliphatic carboxylic acids is 1. The van der Waals surface area contributed by atoms with Crippen LogP contribution in [0.15, 0.2) is 0 Å². The molecule has 1 atom stereocenters. The first kappa shape index (κ1) is 19.4. The van der Waals surface area contributed by atoms with E-state index in [1.54, 1.807) is 0 Å². The average Bonchev–Trinajstić information content (AvgIpc) is 2.44. The minimum atomic E-state index is -1.25. The minimum Gasteiger partial charge on any atom is -0.481 e. The van der Waals surface area contributed by atoms with Crippen LogP contribution in [0.3, 0.4) is 0 Å². The van der Waals surface area contributed by atoms with E-state index in [-0.39, 0.29) is 12.3 Å². The first-order chi connectivity index (χ1) is 10.0. The number of hydrogen-bond donors (Lipinski definition) is 4. The molecule has 0 heterocycles. The maximum absolute atomic E-state index is 11.6. The molecular weight excluding hydrogens is 276 g/mol. The Bertz CT molecular complexity index is 333. The molecule has 0 saturated carbocycles. The number of hydrogen-bond acceptors (Lipinski definition) is 4. The molecule has 0 fully saturated rings. The standard InChI is InChI=1S/C14H26N2O5/c1-2-3-4-5-6-7-8-9-12(17)15-11(10-13(18)19)14(20)16-21/h11,21H,2-10H2,1H3,(H,15,17)(H,16,20)(H,18,19). The third kappa shape index (κ3) is 10.8. The smallest absolute Gasteiger partial charge is 0.305 e. The topological polar surface area (TPSA) is 116 Å². The van der Waals surface area contributed by atoms with Gasteiger partial charge in [-0.3, -0.25) is 19.6 Å². The second kappa shape index (κ2) is 12.1. The second-order valence-electron chi connectivity index (χ2n) is 5.07. The lowest BCUT2D eigenvalue weighted by Gasteiger charge is -2.14. The molecule has 122 valence electrons. The molecule has 2 amide bonds. The zero-order valence-electron chi connectivity index (χ0n) is 12.6. The molecule has 7 nitrogen and oxygen atoms in total. The molecule has 0 aliphatic heterocycles. The predicted octanol–water partition coefficient (Wildman–Crippen LogP) is 1.59. The zero-order chi connectivity index (χ0) is 16.1. The molecular formula is C14H26N2O5. The maximum atomic E-state index is 11.6. The lowest BCUT2D eigenvalue weighted by atomic mass is 10.1. The Morgan fingerprint density at radius 3 is 2.10 bits per heavy atom. The van der Waals surface area contributed by atoms with E-state index in [9.17, 15) is 14.4 Å². The van der Waals surface area contributed by atoms with Crippen molar-refractivity contribution >= 4 is 17.8 Å². The van der Waals surface area contributed by atoms with E-state index in [2.05, 4.69) is 12.2 Å². The van der Waals surface area contributed by atoms with Gasteiger partial charge in [0.2, 0.25) is 5.91 Å². The van der Waals surface area contributed by atoms with Crippen molar-refractivity contribution in [2.75, 3.05) is 0 Å². The van der Waals surface area contributed by atoms with Crippen molar-refractivity contribution in [3.8, 4) is 0 Å². The molecule has 7 heteroatoms. The molecule has 0 bridgehead atoms. The molecule has 21 heavy (non-hydrogen) atoms. The highest BCUT2D eigenvalue weighted by Gasteiger charge is 2.22. The number of rotatable bonds is 12. The van der Waals surface area contributed by atoms with Gasteiger partial charge in [-0.15, -0.1) is 0 Å². The molecule has 0 aromatic carbocycles. The van der Waals surface area contributed by atoms with Gasteiger partial charge in [-0.2, -0.15) is 0 Å². The number of hydroxylamine groups is 1. The van der Waals surface area contributed by atoms with Gasteiger partial charge in [0.15, 0.2) is 0 Å². The molecule has 0 spiro atoms. The van der Waals surface area contributed by atoms with Gasteiger partial charge >= 0.3 is 5.97 Å². The highest BCUT2D eigenvalue weighted by molar-refractivity contribution is 5.89. The SMILES string of the molecule is CCCCCCCCCC(=O)NC(CC(=O)O)C(=O)NO. The predicted molar refractivity (Wildman–Crippen MR) is 76.7 cm³/mol. The normalized spacial score (nSPS) is 11.7. The van der Waals surface area contributed by atoms with E-state index in [4.69, 9.17) is 10.3 Å². The van der Waals surface area contributed by atoms with Crippen molar-refractivity contribution in [3.05, 3.63) is 0 Å². The largest absolute Gasteiger partial charge is 0.481 e. The van der Waals surface area contributed by atoms with Crippen LogP contribution >= 0.6 is 0 Å². The third-order valence-electron chi connectivity index (χ3n) is 3.15. The number of nitrogens with one attached hydrogen (secondary N) is 2. The zero-order valence-corrected chi connectivity index (χ0v) is 12.6. The molecule has 0 aliphatic carbocycles. The van der Waals surface area contributed by atoms with Crippen LogP contribution in [0.25, 0.3) is 0 Å². The number of amides is 2. The fourth-order valence-electron chi connectivity index (χ4n) is 1.97. The molecule has 0 saturated heterocycles. The summed E-state index contributed by atoms with van der Waals surface area (Å²) in [4.78, 5) is 33.4. The Kier molecular flexibility index (Phi) is 11.2. The lowest BCUT2D eigenvalue weighted by molar-refractivity contribution is -0.142. The van der Waals surface area contributed by atoms with E-state index >= 15 is 0 Å². The Labute approximate surface area is 125 Å². The second-order valence-corrected chi connectivity index (χ2v) is 5.07. The first-order valence-corrected chi connectivity index (χ1v) is 7.46. The van der Waals surface area contributed by atoms with Crippen molar-refractivity contribution in [1.82, 2.24) is 10.8 Å². The van der Waals surface area contributed by atoms with Crippen LogP contribution in [-0.2, 0) is 14.4 Å². The molecule has 1 unspecified atom stereocenters. The number of unbranched alkanes of at least 4 members (excludes halogenated alkanes) is 6. The maximum Gasteiger partial charge on any atom is 0.305 e. The Morgan fingerprint density at radius 1 is 1.00 bits per heavy atom. The van der Waals surface area contributed by atoms with Crippen LogP contribution in [0.1, 0.15) is 64.7 Å². The fraction of sp³-hybridized carbons (Fsp3) is 0.786. The third-order valence-corrected chi connectivity index (χ3v) is 3.15. The molecule has 0 aliphatic rings. The quantitative estimate of drug-likeness (QED) is 0.248. The summed E-state index contributed by atoms with van der Waals surface area (Å²) in [5.41, 5.74) is 1.35. The van der Waals surface area contributed by atoms with Crippen LogP contribution in [0.5, 0.6) is 0 Å². The molecule has 4 N–H and O–H groups in total. The summed E-state index contributed by atoms with van der Waals surface area (Å²) in [7, 11) is 0.